The number of rotatable bonds is 2. The van der Waals surface area contributed by atoms with Crippen LogP contribution in [0, 0.1) is 0 Å². The minimum atomic E-state index is -0.174. The molecule has 0 atom stereocenters. The third-order valence-corrected chi connectivity index (χ3v) is 4.06. The van der Waals surface area contributed by atoms with Gasteiger partial charge >= 0.3 is 0 Å². The summed E-state index contributed by atoms with van der Waals surface area (Å²) >= 11 is 0. The predicted molar refractivity (Wildman–Crippen MR) is 78.4 cm³/mol. The van der Waals surface area contributed by atoms with Gasteiger partial charge in [0.2, 0.25) is 5.95 Å². The lowest BCUT2D eigenvalue weighted by molar-refractivity contribution is 0.517. The van der Waals surface area contributed by atoms with E-state index in [1.807, 2.05) is 12.1 Å². The monoisotopic (exact) mass is 281 g/mol. The Morgan fingerprint density at radius 3 is 2.86 bits per heavy atom. The van der Waals surface area contributed by atoms with Crippen LogP contribution in [0.5, 0.6) is 0 Å². The van der Waals surface area contributed by atoms with Crippen LogP contribution in [0.3, 0.4) is 0 Å². The average molecular weight is 281 g/mol. The minimum Gasteiger partial charge on any atom is -0.291 e. The van der Waals surface area contributed by atoms with E-state index in [1.54, 1.807) is 23.2 Å². The molecule has 0 saturated heterocycles. The molecular formula is C15H15N5O. The number of fused-ring (bicyclic) bond motifs is 1. The van der Waals surface area contributed by atoms with E-state index in [-0.39, 0.29) is 5.56 Å². The Kier molecular flexibility index (Phi) is 2.80. The quantitative estimate of drug-likeness (QED) is 0.721. The van der Waals surface area contributed by atoms with Crippen molar-refractivity contribution in [1.29, 1.82) is 0 Å². The van der Waals surface area contributed by atoms with Crippen molar-refractivity contribution < 1.29 is 0 Å². The first-order valence-corrected chi connectivity index (χ1v) is 7.20. The molecule has 3 aromatic heterocycles. The second-order valence-electron chi connectivity index (χ2n) is 5.35. The van der Waals surface area contributed by atoms with Crippen molar-refractivity contribution in [3.8, 4) is 5.95 Å². The Morgan fingerprint density at radius 2 is 2.05 bits per heavy atom. The van der Waals surface area contributed by atoms with Gasteiger partial charge in [-0.05, 0) is 25.0 Å². The summed E-state index contributed by atoms with van der Waals surface area (Å²) in [6.07, 6.45) is 11.0. The van der Waals surface area contributed by atoms with E-state index in [1.165, 1.54) is 19.0 Å². The maximum atomic E-state index is 12.1. The lowest BCUT2D eigenvalue weighted by Gasteiger charge is -2.16. The van der Waals surface area contributed by atoms with Gasteiger partial charge in [-0.2, -0.15) is 0 Å². The maximum absolute atomic E-state index is 12.1. The Morgan fingerprint density at radius 1 is 1.19 bits per heavy atom. The van der Waals surface area contributed by atoms with Crippen LogP contribution in [0.4, 0.5) is 0 Å². The van der Waals surface area contributed by atoms with Gasteiger partial charge in [-0.1, -0.05) is 12.8 Å². The molecule has 1 saturated carbocycles. The third kappa shape index (κ3) is 1.94. The average Bonchev–Trinajstić information content (AvgIpc) is 3.14. The Labute approximate surface area is 121 Å². The molecule has 0 bridgehead atoms. The fourth-order valence-electron chi connectivity index (χ4n) is 3.10. The molecule has 0 unspecified atom stereocenters. The zero-order chi connectivity index (χ0) is 14.2. The molecule has 3 heterocycles. The molecule has 0 aliphatic heterocycles. The molecule has 3 aromatic rings. The van der Waals surface area contributed by atoms with Crippen LogP contribution in [0.25, 0.3) is 17.1 Å². The predicted octanol–water partition coefficient (Wildman–Crippen LogP) is 2.09. The topological polar surface area (TPSA) is 65.6 Å². The third-order valence-electron chi connectivity index (χ3n) is 4.06. The van der Waals surface area contributed by atoms with Crippen molar-refractivity contribution in [2.24, 2.45) is 0 Å². The Balaban J connectivity index is 2.02. The van der Waals surface area contributed by atoms with E-state index in [2.05, 4.69) is 19.5 Å². The van der Waals surface area contributed by atoms with Gasteiger partial charge in [0.05, 0.1) is 6.20 Å². The van der Waals surface area contributed by atoms with Gasteiger partial charge in [-0.15, -0.1) is 0 Å². The molecular weight excluding hydrogens is 266 g/mol. The number of hydrogen-bond acceptors (Lipinski definition) is 4. The fourth-order valence-corrected chi connectivity index (χ4v) is 3.10. The molecule has 106 valence electrons. The highest BCUT2D eigenvalue weighted by atomic mass is 16.1. The smallest absolute Gasteiger partial charge is 0.275 e. The summed E-state index contributed by atoms with van der Waals surface area (Å²) in [5, 5.41) is 0. The van der Waals surface area contributed by atoms with E-state index < -0.39 is 0 Å². The zero-order valence-electron chi connectivity index (χ0n) is 11.5. The minimum absolute atomic E-state index is 0.174. The standard InChI is InChI=1S/C15H15N5O/c21-13-10-16-8-9-19(13)15-18-12-6-3-7-17-14(12)20(15)11-4-1-2-5-11/h3,6-11H,1-2,4-5H2. The molecule has 0 amide bonds. The zero-order valence-corrected chi connectivity index (χ0v) is 11.5. The second kappa shape index (κ2) is 4.80. The van der Waals surface area contributed by atoms with Crippen LogP contribution in [0.15, 0.2) is 41.7 Å². The second-order valence-corrected chi connectivity index (χ2v) is 5.35. The van der Waals surface area contributed by atoms with Gasteiger partial charge in [-0.25, -0.2) is 9.97 Å². The number of imidazole rings is 1. The summed E-state index contributed by atoms with van der Waals surface area (Å²) in [5.74, 6) is 0.642. The highest BCUT2D eigenvalue weighted by Crippen LogP contribution is 2.33. The van der Waals surface area contributed by atoms with Crippen molar-refractivity contribution in [1.82, 2.24) is 24.1 Å². The first-order chi connectivity index (χ1) is 10.3. The Bertz CT molecular complexity index is 844. The van der Waals surface area contributed by atoms with Gasteiger partial charge in [0, 0.05) is 24.6 Å². The van der Waals surface area contributed by atoms with Crippen LogP contribution >= 0.6 is 0 Å². The first kappa shape index (κ1) is 12.3. The van der Waals surface area contributed by atoms with Gasteiger partial charge in [0.1, 0.15) is 5.52 Å². The van der Waals surface area contributed by atoms with Gasteiger partial charge < -0.3 is 0 Å². The molecule has 1 aliphatic carbocycles. The number of aromatic nitrogens is 5. The SMILES string of the molecule is O=c1cnccn1-c1nc2cccnc2n1C1CCCC1. The van der Waals surface area contributed by atoms with E-state index in [0.29, 0.717) is 12.0 Å². The van der Waals surface area contributed by atoms with Crippen molar-refractivity contribution in [3.63, 3.8) is 0 Å². The van der Waals surface area contributed by atoms with E-state index in [4.69, 9.17) is 0 Å². The lowest BCUT2D eigenvalue weighted by atomic mass is 10.2. The summed E-state index contributed by atoms with van der Waals surface area (Å²) in [6, 6.07) is 4.16. The summed E-state index contributed by atoms with van der Waals surface area (Å²) < 4.78 is 3.66. The molecule has 6 nitrogen and oxygen atoms in total. The highest BCUT2D eigenvalue weighted by Gasteiger charge is 2.24. The summed E-state index contributed by atoms with van der Waals surface area (Å²) in [6.45, 7) is 0. The molecule has 0 N–H and O–H groups in total. The van der Waals surface area contributed by atoms with Gasteiger partial charge in [0.25, 0.3) is 5.56 Å². The van der Waals surface area contributed by atoms with Crippen LogP contribution in [-0.4, -0.2) is 24.1 Å². The van der Waals surface area contributed by atoms with Crippen LogP contribution in [0.1, 0.15) is 31.7 Å². The number of pyridine rings is 1. The first-order valence-electron chi connectivity index (χ1n) is 7.20. The molecule has 6 heteroatoms. The van der Waals surface area contributed by atoms with Crippen molar-refractivity contribution in [2.75, 3.05) is 0 Å². The molecule has 1 fully saturated rings. The number of nitrogens with zero attached hydrogens (tertiary/aromatic N) is 5. The van der Waals surface area contributed by atoms with Crippen LogP contribution < -0.4 is 5.56 Å². The van der Waals surface area contributed by atoms with E-state index in [9.17, 15) is 4.79 Å². The van der Waals surface area contributed by atoms with Crippen molar-refractivity contribution in [3.05, 3.63) is 47.3 Å². The van der Waals surface area contributed by atoms with Crippen molar-refractivity contribution >= 4 is 11.2 Å². The van der Waals surface area contributed by atoms with Crippen molar-refractivity contribution in [2.45, 2.75) is 31.7 Å². The number of hydrogen-bond donors (Lipinski definition) is 0. The normalized spacial score (nSPS) is 15.8. The van der Waals surface area contributed by atoms with Crippen LogP contribution in [-0.2, 0) is 0 Å². The van der Waals surface area contributed by atoms with E-state index >= 15 is 0 Å². The molecule has 0 spiro atoms. The summed E-state index contributed by atoms with van der Waals surface area (Å²) in [7, 11) is 0. The highest BCUT2D eigenvalue weighted by molar-refractivity contribution is 5.73. The molecule has 21 heavy (non-hydrogen) atoms. The fraction of sp³-hybridized carbons (Fsp3) is 0.333. The summed E-state index contributed by atoms with van der Waals surface area (Å²) in [4.78, 5) is 25.1. The maximum Gasteiger partial charge on any atom is 0.275 e. The largest absolute Gasteiger partial charge is 0.291 e. The molecule has 4 rings (SSSR count). The van der Waals surface area contributed by atoms with Crippen LogP contribution in [0.2, 0.25) is 0 Å². The lowest BCUT2D eigenvalue weighted by Crippen LogP contribution is -2.22. The van der Waals surface area contributed by atoms with Gasteiger partial charge in [-0.3, -0.25) is 18.9 Å². The van der Waals surface area contributed by atoms with Gasteiger partial charge in [0.15, 0.2) is 5.65 Å². The summed E-state index contributed by atoms with van der Waals surface area (Å²) in [5.41, 5.74) is 1.50. The Hall–Kier alpha value is -2.50. The molecule has 0 aromatic carbocycles. The molecule has 0 radical (unpaired) electrons. The molecule has 1 aliphatic rings. The van der Waals surface area contributed by atoms with E-state index in [0.717, 1.165) is 24.0 Å².